The molecule has 0 unspecified atom stereocenters. The molecule has 1 N–H and O–H groups in total. The zero-order valence-electron chi connectivity index (χ0n) is 13.9. The van der Waals surface area contributed by atoms with Crippen LogP contribution in [0.4, 0.5) is 0 Å². The lowest BCUT2D eigenvalue weighted by Gasteiger charge is -2.07. The molecule has 3 nitrogen and oxygen atoms in total. The van der Waals surface area contributed by atoms with E-state index in [9.17, 15) is 4.79 Å². The lowest BCUT2D eigenvalue weighted by atomic mass is 10.1. The van der Waals surface area contributed by atoms with Gasteiger partial charge in [-0.3, -0.25) is 4.79 Å². The summed E-state index contributed by atoms with van der Waals surface area (Å²) < 4.78 is 5.69. The molecule has 0 amide bonds. The van der Waals surface area contributed by atoms with Crippen molar-refractivity contribution >= 4 is 11.9 Å². The van der Waals surface area contributed by atoms with E-state index in [1.54, 1.807) is 12.1 Å². The van der Waals surface area contributed by atoms with Gasteiger partial charge in [-0.2, -0.15) is 0 Å². The van der Waals surface area contributed by atoms with Crippen LogP contribution in [-0.4, -0.2) is 18.0 Å². The number of rotatable bonds is 13. The number of hydrogen-bond acceptors (Lipinski definition) is 3. The van der Waals surface area contributed by atoms with Gasteiger partial charge in [0.05, 0.1) is 18.4 Å². The van der Waals surface area contributed by atoms with Crippen LogP contribution in [0, 0.1) is 0 Å². The molecule has 1 rings (SSSR count). The third-order valence-electron chi connectivity index (χ3n) is 3.78. The van der Waals surface area contributed by atoms with Crippen LogP contribution >= 0.6 is 0 Å². The predicted octanol–water partition coefficient (Wildman–Crippen LogP) is 5.47. The van der Waals surface area contributed by atoms with Gasteiger partial charge >= 0.3 is 0 Å². The van der Waals surface area contributed by atoms with Crippen molar-refractivity contribution in [3.63, 3.8) is 0 Å². The number of unbranched alkanes of at least 4 members (excludes halogenated alkanes) is 7. The standard InChI is InChI=1S/C20H28O3/c1-2-3-4-5-6-7-8-9-10-15-23-20-13-11-18(12-14-20)19(16-21)17-22/h2,11-14,16-17,21H,1,3-10,15H2. The number of ether oxygens (including phenoxy) is 1. The average Bonchev–Trinajstić information content (AvgIpc) is 2.59. The van der Waals surface area contributed by atoms with Gasteiger partial charge in [0.25, 0.3) is 0 Å². The smallest absolute Gasteiger partial charge is 0.153 e. The lowest BCUT2D eigenvalue weighted by molar-refractivity contribution is -0.103. The number of benzene rings is 1. The summed E-state index contributed by atoms with van der Waals surface area (Å²) in [5, 5.41) is 8.92. The molecule has 0 radical (unpaired) electrons. The van der Waals surface area contributed by atoms with E-state index in [4.69, 9.17) is 9.84 Å². The summed E-state index contributed by atoms with van der Waals surface area (Å²) >= 11 is 0. The largest absolute Gasteiger partial charge is 0.515 e. The molecule has 23 heavy (non-hydrogen) atoms. The summed E-state index contributed by atoms with van der Waals surface area (Å²) in [6.45, 7) is 4.45. The quantitative estimate of drug-likeness (QED) is 0.172. The number of carbonyl (C=O) groups is 1. The second-order valence-corrected chi connectivity index (χ2v) is 5.63. The molecule has 0 fully saturated rings. The lowest BCUT2D eigenvalue weighted by Crippen LogP contribution is -1.97. The Balaban J connectivity index is 2.10. The van der Waals surface area contributed by atoms with Gasteiger partial charge in [-0.25, -0.2) is 0 Å². The van der Waals surface area contributed by atoms with Crippen molar-refractivity contribution in [3.05, 3.63) is 48.7 Å². The van der Waals surface area contributed by atoms with Crippen LogP contribution in [0.5, 0.6) is 5.75 Å². The highest BCUT2D eigenvalue weighted by Crippen LogP contribution is 2.17. The maximum absolute atomic E-state index is 10.7. The molecule has 0 spiro atoms. The molecule has 0 aliphatic rings. The number of allylic oxidation sites excluding steroid dienone is 2. The molecular weight excluding hydrogens is 288 g/mol. The zero-order valence-corrected chi connectivity index (χ0v) is 13.9. The summed E-state index contributed by atoms with van der Waals surface area (Å²) in [5.41, 5.74) is 0.955. The molecule has 3 heteroatoms. The molecule has 0 atom stereocenters. The third-order valence-corrected chi connectivity index (χ3v) is 3.78. The highest BCUT2D eigenvalue weighted by atomic mass is 16.5. The van der Waals surface area contributed by atoms with Crippen LogP contribution in [0.25, 0.3) is 5.57 Å². The molecule has 0 aliphatic carbocycles. The molecule has 0 saturated carbocycles. The number of hydrogen-bond donors (Lipinski definition) is 1. The first kappa shape index (κ1) is 19.0. The maximum atomic E-state index is 10.7. The van der Waals surface area contributed by atoms with Gasteiger partial charge in [0.2, 0.25) is 0 Å². The summed E-state index contributed by atoms with van der Waals surface area (Å²) in [5.74, 6) is 0.793. The van der Waals surface area contributed by atoms with Crippen LogP contribution in [0.15, 0.2) is 43.2 Å². The van der Waals surface area contributed by atoms with Gasteiger partial charge in [0.1, 0.15) is 5.75 Å². The fourth-order valence-electron chi connectivity index (χ4n) is 2.38. The highest BCUT2D eigenvalue weighted by molar-refractivity contribution is 6.06. The molecule has 0 heterocycles. The Morgan fingerprint density at radius 1 is 1.00 bits per heavy atom. The Kier molecular flexibility index (Phi) is 10.3. The summed E-state index contributed by atoms with van der Waals surface area (Å²) in [4.78, 5) is 10.7. The van der Waals surface area contributed by atoms with E-state index in [0.717, 1.165) is 24.9 Å². The summed E-state index contributed by atoms with van der Waals surface area (Å²) in [6, 6.07) is 7.19. The molecular formula is C20H28O3. The number of carbonyl (C=O) groups excluding carboxylic acids is 1. The molecule has 0 aliphatic heterocycles. The Bertz CT molecular complexity index is 474. The van der Waals surface area contributed by atoms with Crippen LogP contribution in [0.1, 0.15) is 56.9 Å². The van der Waals surface area contributed by atoms with Crippen LogP contribution in [0.3, 0.4) is 0 Å². The normalized spacial score (nSPS) is 11.2. The molecule has 0 aromatic heterocycles. The minimum absolute atomic E-state index is 0.268. The van der Waals surface area contributed by atoms with E-state index in [-0.39, 0.29) is 5.57 Å². The van der Waals surface area contributed by atoms with Crippen molar-refractivity contribution in [2.24, 2.45) is 0 Å². The van der Waals surface area contributed by atoms with Crippen molar-refractivity contribution in [1.29, 1.82) is 0 Å². The van der Waals surface area contributed by atoms with Gasteiger partial charge in [0.15, 0.2) is 6.29 Å². The average molecular weight is 316 g/mol. The van der Waals surface area contributed by atoms with Crippen molar-refractivity contribution < 1.29 is 14.6 Å². The Hall–Kier alpha value is -2.03. The Morgan fingerprint density at radius 2 is 1.61 bits per heavy atom. The molecule has 0 saturated heterocycles. The van der Waals surface area contributed by atoms with Gasteiger partial charge in [0, 0.05) is 0 Å². The van der Waals surface area contributed by atoms with Crippen molar-refractivity contribution in [1.82, 2.24) is 0 Å². The maximum Gasteiger partial charge on any atom is 0.153 e. The second-order valence-electron chi connectivity index (χ2n) is 5.63. The zero-order chi connectivity index (χ0) is 16.8. The van der Waals surface area contributed by atoms with E-state index in [0.29, 0.717) is 18.5 Å². The topological polar surface area (TPSA) is 46.5 Å². The van der Waals surface area contributed by atoms with Gasteiger partial charge in [-0.05, 0) is 37.0 Å². The SMILES string of the molecule is C=CCCCCCCCCCOc1ccc(C(C=O)=CO)cc1. The van der Waals surface area contributed by atoms with E-state index < -0.39 is 0 Å². The molecule has 1 aromatic carbocycles. The minimum Gasteiger partial charge on any atom is -0.515 e. The fourth-order valence-corrected chi connectivity index (χ4v) is 2.38. The molecule has 1 aromatic rings. The van der Waals surface area contributed by atoms with Crippen molar-refractivity contribution in [3.8, 4) is 5.75 Å². The van der Waals surface area contributed by atoms with Crippen molar-refractivity contribution in [2.75, 3.05) is 6.61 Å². The van der Waals surface area contributed by atoms with Crippen LogP contribution in [-0.2, 0) is 4.79 Å². The van der Waals surface area contributed by atoms with E-state index in [1.807, 2.05) is 18.2 Å². The van der Waals surface area contributed by atoms with Gasteiger partial charge < -0.3 is 9.84 Å². The molecule has 0 bridgehead atoms. The number of aliphatic hydroxyl groups excluding tert-OH is 1. The Morgan fingerprint density at radius 3 is 2.17 bits per heavy atom. The Labute approximate surface area is 139 Å². The number of aldehydes is 1. The first-order valence-electron chi connectivity index (χ1n) is 8.45. The third kappa shape index (κ3) is 8.24. The molecule has 126 valence electrons. The minimum atomic E-state index is 0.268. The highest BCUT2D eigenvalue weighted by Gasteiger charge is 2.01. The summed E-state index contributed by atoms with van der Waals surface area (Å²) in [7, 11) is 0. The van der Waals surface area contributed by atoms with Crippen LogP contribution in [0.2, 0.25) is 0 Å². The van der Waals surface area contributed by atoms with Gasteiger partial charge in [-0.1, -0.05) is 50.3 Å². The second kappa shape index (κ2) is 12.5. The number of aliphatic hydroxyl groups is 1. The van der Waals surface area contributed by atoms with Crippen LogP contribution < -0.4 is 4.74 Å². The van der Waals surface area contributed by atoms with Gasteiger partial charge in [-0.15, -0.1) is 6.58 Å². The fraction of sp³-hybridized carbons (Fsp3) is 0.450. The first-order chi connectivity index (χ1) is 11.3. The van der Waals surface area contributed by atoms with Crippen molar-refractivity contribution in [2.45, 2.75) is 51.4 Å². The predicted molar refractivity (Wildman–Crippen MR) is 95.7 cm³/mol. The van der Waals surface area contributed by atoms with E-state index in [2.05, 4.69) is 6.58 Å². The first-order valence-corrected chi connectivity index (χ1v) is 8.45. The van der Waals surface area contributed by atoms with E-state index >= 15 is 0 Å². The monoisotopic (exact) mass is 316 g/mol. The summed E-state index contributed by atoms with van der Waals surface area (Å²) in [6.07, 6.45) is 13.3. The van der Waals surface area contributed by atoms with E-state index in [1.165, 1.54) is 38.5 Å².